The first-order valence-electron chi connectivity index (χ1n) is 8.54. The molecule has 1 amide bonds. The number of nitriles is 1. The van der Waals surface area contributed by atoms with Crippen molar-refractivity contribution >= 4 is 34.3 Å². The first-order valence-corrected chi connectivity index (χ1v) is 9.53. The summed E-state index contributed by atoms with van der Waals surface area (Å²) in [6.45, 7) is 2.54. The Morgan fingerprint density at radius 2 is 2.07 bits per heavy atom. The van der Waals surface area contributed by atoms with Gasteiger partial charge in [0.25, 0.3) is 5.56 Å². The molecule has 0 spiro atoms. The number of carbonyl (C=O) groups is 1. The number of amides is 1. The Balaban J connectivity index is 1.79. The quantitative estimate of drug-likeness (QED) is 0.525. The predicted molar refractivity (Wildman–Crippen MR) is 107 cm³/mol. The number of rotatable bonds is 6. The number of para-hydroxylation sites is 1. The van der Waals surface area contributed by atoms with E-state index in [9.17, 15) is 9.59 Å². The van der Waals surface area contributed by atoms with Gasteiger partial charge >= 0.3 is 0 Å². The van der Waals surface area contributed by atoms with Crippen LogP contribution in [0.25, 0.3) is 10.9 Å². The van der Waals surface area contributed by atoms with E-state index >= 15 is 0 Å². The fourth-order valence-electron chi connectivity index (χ4n) is 2.67. The van der Waals surface area contributed by atoms with Crippen LogP contribution in [0.5, 0.6) is 0 Å². The number of carbonyl (C=O) groups excluding carboxylic acids is 1. The monoisotopic (exact) mass is 378 g/mol. The molecule has 6 nitrogen and oxygen atoms in total. The molecule has 27 heavy (non-hydrogen) atoms. The van der Waals surface area contributed by atoms with E-state index in [-0.39, 0.29) is 17.2 Å². The van der Waals surface area contributed by atoms with Crippen LogP contribution in [0.3, 0.4) is 0 Å². The minimum atomic E-state index is -0.222. The zero-order chi connectivity index (χ0) is 19.2. The lowest BCUT2D eigenvalue weighted by Gasteiger charge is -2.12. The smallest absolute Gasteiger partial charge is 0.262 e. The fourth-order valence-corrected chi connectivity index (χ4v) is 3.50. The summed E-state index contributed by atoms with van der Waals surface area (Å²) in [5, 5.41) is 12.8. The summed E-state index contributed by atoms with van der Waals surface area (Å²) < 4.78 is 1.62. The molecule has 3 aromatic rings. The Kier molecular flexibility index (Phi) is 5.89. The highest BCUT2D eigenvalue weighted by atomic mass is 32.2. The van der Waals surface area contributed by atoms with Crippen LogP contribution in [-0.4, -0.2) is 21.2 Å². The topological polar surface area (TPSA) is 87.8 Å². The molecular weight excluding hydrogens is 360 g/mol. The van der Waals surface area contributed by atoms with Crippen molar-refractivity contribution in [2.24, 2.45) is 0 Å². The van der Waals surface area contributed by atoms with Gasteiger partial charge in [-0.25, -0.2) is 4.98 Å². The standard InChI is InChI=1S/C20H18N4O2S/c1-2-10-24-19(26)16-8-3-4-9-17(16)23-20(24)27-13-18(25)22-15-7-5-6-14(11-15)12-21/h3-9,11H,2,10,13H2,1H3,(H,22,25). The van der Waals surface area contributed by atoms with E-state index in [0.29, 0.717) is 33.9 Å². The summed E-state index contributed by atoms with van der Waals surface area (Å²) in [5.74, 6) is -0.105. The van der Waals surface area contributed by atoms with Crippen LogP contribution in [0.4, 0.5) is 5.69 Å². The summed E-state index contributed by atoms with van der Waals surface area (Å²) in [7, 11) is 0. The van der Waals surface area contributed by atoms with Crippen molar-refractivity contribution in [3.63, 3.8) is 0 Å². The van der Waals surface area contributed by atoms with Crippen LogP contribution in [0.1, 0.15) is 18.9 Å². The lowest BCUT2D eigenvalue weighted by molar-refractivity contribution is -0.113. The van der Waals surface area contributed by atoms with Gasteiger partial charge in [0.15, 0.2) is 5.16 Å². The van der Waals surface area contributed by atoms with Crippen LogP contribution in [0.15, 0.2) is 58.5 Å². The maximum Gasteiger partial charge on any atom is 0.262 e. The highest BCUT2D eigenvalue weighted by molar-refractivity contribution is 7.99. The lowest BCUT2D eigenvalue weighted by atomic mass is 10.2. The molecule has 0 unspecified atom stereocenters. The van der Waals surface area contributed by atoms with Gasteiger partial charge in [0, 0.05) is 12.2 Å². The second kappa shape index (κ2) is 8.52. The Hall–Kier alpha value is -3.11. The molecule has 0 atom stereocenters. The molecule has 1 N–H and O–H groups in total. The van der Waals surface area contributed by atoms with Gasteiger partial charge < -0.3 is 5.32 Å². The molecule has 1 aromatic heterocycles. The minimum absolute atomic E-state index is 0.0907. The Labute approximate surface area is 160 Å². The van der Waals surface area contributed by atoms with E-state index in [1.165, 1.54) is 11.8 Å². The Bertz CT molecular complexity index is 1090. The molecule has 1 heterocycles. The lowest BCUT2D eigenvalue weighted by Crippen LogP contribution is -2.24. The van der Waals surface area contributed by atoms with Crippen LogP contribution in [-0.2, 0) is 11.3 Å². The molecule has 136 valence electrons. The summed E-state index contributed by atoms with van der Waals surface area (Å²) in [6, 6.07) is 16.0. The van der Waals surface area contributed by atoms with E-state index in [0.717, 1.165) is 6.42 Å². The van der Waals surface area contributed by atoms with Crippen LogP contribution in [0, 0.1) is 11.3 Å². The third-order valence-corrected chi connectivity index (χ3v) is 4.86. The Morgan fingerprint density at radius 3 is 2.85 bits per heavy atom. The van der Waals surface area contributed by atoms with E-state index in [1.807, 2.05) is 25.1 Å². The molecule has 0 saturated carbocycles. The van der Waals surface area contributed by atoms with Gasteiger partial charge in [-0.15, -0.1) is 0 Å². The van der Waals surface area contributed by atoms with E-state index in [4.69, 9.17) is 5.26 Å². The third-order valence-electron chi connectivity index (χ3n) is 3.88. The molecule has 2 aromatic carbocycles. The Morgan fingerprint density at radius 1 is 1.26 bits per heavy atom. The van der Waals surface area contributed by atoms with Crippen molar-refractivity contribution in [1.29, 1.82) is 5.26 Å². The zero-order valence-electron chi connectivity index (χ0n) is 14.8. The highest BCUT2D eigenvalue weighted by Gasteiger charge is 2.13. The van der Waals surface area contributed by atoms with Gasteiger partial charge in [-0.3, -0.25) is 14.2 Å². The number of anilines is 1. The maximum atomic E-state index is 12.7. The van der Waals surface area contributed by atoms with Crippen LogP contribution < -0.4 is 10.9 Å². The maximum absolute atomic E-state index is 12.7. The number of benzene rings is 2. The van der Waals surface area contributed by atoms with Crippen molar-refractivity contribution < 1.29 is 4.79 Å². The van der Waals surface area contributed by atoms with E-state index in [2.05, 4.69) is 10.3 Å². The van der Waals surface area contributed by atoms with E-state index in [1.54, 1.807) is 41.0 Å². The van der Waals surface area contributed by atoms with Crippen molar-refractivity contribution in [1.82, 2.24) is 9.55 Å². The summed E-state index contributed by atoms with van der Waals surface area (Å²) in [6.07, 6.45) is 0.792. The summed E-state index contributed by atoms with van der Waals surface area (Å²) in [4.78, 5) is 29.6. The van der Waals surface area contributed by atoms with Crippen LogP contribution >= 0.6 is 11.8 Å². The first kappa shape index (κ1) is 18.7. The normalized spacial score (nSPS) is 10.5. The number of thioether (sulfide) groups is 1. The predicted octanol–water partition coefficient (Wildman–Crippen LogP) is 3.41. The molecule has 0 saturated heterocycles. The number of aromatic nitrogens is 2. The summed E-state index contributed by atoms with van der Waals surface area (Å²) in [5.41, 5.74) is 1.58. The van der Waals surface area contributed by atoms with Crippen molar-refractivity contribution in [3.05, 3.63) is 64.4 Å². The van der Waals surface area contributed by atoms with Crippen molar-refractivity contribution in [2.45, 2.75) is 25.0 Å². The zero-order valence-corrected chi connectivity index (χ0v) is 15.6. The molecule has 0 aliphatic carbocycles. The van der Waals surface area contributed by atoms with Gasteiger partial charge in [-0.2, -0.15) is 5.26 Å². The van der Waals surface area contributed by atoms with Crippen molar-refractivity contribution in [2.75, 3.05) is 11.1 Å². The molecule has 0 aliphatic rings. The average molecular weight is 378 g/mol. The largest absolute Gasteiger partial charge is 0.325 e. The molecule has 3 rings (SSSR count). The molecule has 0 fully saturated rings. The number of hydrogen-bond acceptors (Lipinski definition) is 5. The van der Waals surface area contributed by atoms with Gasteiger partial charge in [0.05, 0.1) is 28.3 Å². The molecular formula is C20H18N4O2S. The third kappa shape index (κ3) is 4.36. The van der Waals surface area contributed by atoms with Gasteiger partial charge in [-0.1, -0.05) is 36.9 Å². The average Bonchev–Trinajstić information content (AvgIpc) is 2.69. The van der Waals surface area contributed by atoms with Crippen LogP contribution in [0.2, 0.25) is 0 Å². The van der Waals surface area contributed by atoms with Gasteiger partial charge in [0.2, 0.25) is 5.91 Å². The van der Waals surface area contributed by atoms with Gasteiger partial charge in [-0.05, 0) is 36.8 Å². The SMILES string of the molecule is CCCn1c(SCC(=O)Nc2cccc(C#N)c2)nc2ccccc2c1=O. The van der Waals surface area contributed by atoms with Crippen molar-refractivity contribution in [3.8, 4) is 6.07 Å². The number of nitrogens with zero attached hydrogens (tertiary/aromatic N) is 3. The second-order valence-electron chi connectivity index (χ2n) is 5.90. The molecule has 0 aliphatic heterocycles. The van der Waals surface area contributed by atoms with Gasteiger partial charge in [0.1, 0.15) is 0 Å². The highest BCUT2D eigenvalue weighted by Crippen LogP contribution is 2.19. The summed E-state index contributed by atoms with van der Waals surface area (Å²) >= 11 is 1.23. The molecule has 7 heteroatoms. The first-order chi connectivity index (χ1) is 13.1. The number of hydrogen-bond donors (Lipinski definition) is 1. The molecule has 0 bridgehead atoms. The second-order valence-corrected chi connectivity index (χ2v) is 6.84. The minimum Gasteiger partial charge on any atom is -0.325 e. The van der Waals surface area contributed by atoms with E-state index < -0.39 is 0 Å². The fraction of sp³-hybridized carbons (Fsp3) is 0.200. The number of nitrogens with one attached hydrogen (secondary N) is 1. The molecule has 0 radical (unpaired) electrons. The number of fused-ring (bicyclic) bond motifs is 1.